The first-order valence-corrected chi connectivity index (χ1v) is 10.8. The van der Waals surface area contributed by atoms with E-state index in [1.54, 1.807) is 12.4 Å². The number of halogens is 1. The molecule has 0 saturated heterocycles. The Hall–Kier alpha value is -3.54. The van der Waals surface area contributed by atoms with Gasteiger partial charge in [0.25, 0.3) is 0 Å². The Balaban J connectivity index is 1.75. The predicted octanol–water partition coefficient (Wildman–Crippen LogP) is 2.59. The topological polar surface area (TPSA) is 127 Å². The van der Waals surface area contributed by atoms with Gasteiger partial charge in [0.2, 0.25) is 11.6 Å². The maximum atomic E-state index is 14.4. The first-order valence-electron chi connectivity index (χ1n) is 8.90. The van der Waals surface area contributed by atoms with Gasteiger partial charge in [-0.25, -0.2) is 17.8 Å². The molecule has 0 radical (unpaired) electrons. The summed E-state index contributed by atoms with van der Waals surface area (Å²) in [5, 5.41) is 13.7. The average Bonchev–Trinajstić information content (AvgIpc) is 3.32. The first kappa shape index (κ1) is 19.8. The second-order valence-corrected chi connectivity index (χ2v) is 8.83. The lowest BCUT2D eigenvalue weighted by Gasteiger charge is -2.12. The van der Waals surface area contributed by atoms with Gasteiger partial charge in [0.15, 0.2) is 15.6 Å². The largest absolute Gasteiger partial charge is 0.485 e. The number of benzene rings is 1. The monoisotopic (exact) mass is 431 g/mol. The number of H-pyrrole nitrogens is 1. The van der Waals surface area contributed by atoms with E-state index in [4.69, 9.17) is 4.74 Å². The van der Waals surface area contributed by atoms with E-state index < -0.39 is 15.7 Å². The van der Waals surface area contributed by atoms with Crippen LogP contribution in [0.25, 0.3) is 16.9 Å². The van der Waals surface area contributed by atoms with Gasteiger partial charge >= 0.3 is 0 Å². The van der Waals surface area contributed by atoms with Crippen molar-refractivity contribution in [1.29, 1.82) is 0 Å². The smallest absolute Gasteiger partial charge is 0.247 e. The highest BCUT2D eigenvalue weighted by Gasteiger charge is 2.19. The molecule has 3 heterocycles. The van der Waals surface area contributed by atoms with Crippen molar-refractivity contribution in [3.63, 3.8) is 0 Å². The maximum absolute atomic E-state index is 14.4. The number of aromatic amines is 1. The molecule has 3 aromatic heterocycles. The Morgan fingerprint density at radius 1 is 1.30 bits per heavy atom. The molecule has 0 spiro atoms. The fraction of sp³-hybridized carbons (Fsp3) is 0.222. The molecule has 0 aliphatic rings. The van der Waals surface area contributed by atoms with Gasteiger partial charge in [-0.1, -0.05) is 0 Å². The summed E-state index contributed by atoms with van der Waals surface area (Å²) in [6, 6.07) is 3.57. The summed E-state index contributed by atoms with van der Waals surface area (Å²) in [6.45, 7) is 3.74. The third-order valence-corrected chi connectivity index (χ3v) is 5.20. The molecule has 0 amide bonds. The molecule has 0 fully saturated rings. The number of fused-ring (bicyclic) bond motifs is 1. The van der Waals surface area contributed by atoms with E-state index in [9.17, 15) is 12.8 Å². The van der Waals surface area contributed by atoms with Crippen LogP contribution in [0.3, 0.4) is 0 Å². The number of sulfone groups is 1. The summed E-state index contributed by atoms with van der Waals surface area (Å²) in [6.07, 6.45) is 5.62. The van der Waals surface area contributed by atoms with Crippen molar-refractivity contribution < 1.29 is 17.5 Å². The van der Waals surface area contributed by atoms with Crippen LogP contribution in [-0.2, 0) is 9.84 Å². The summed E-state index contributed by atoms with van der Waals surface area (Å²) < 4.78 is 44.9. The molecule has 0 aliphatic carbocycles. The Morgan fingerprint density at radius 3 is 2.73 bits per heavy atom. The van der Waals surface area contributed by atoms with Gasteiger partial charge in [-0.2, -0.15) is 14.6 Å². The second kappa shape index (κ2) is 7.37. The lowest BCUT2D eigenvalue weighted by atomic mass is 10.2. The van der Waals surface area contributed by atoms with Gasteiger partial charge in [-0.3, -0.25) is 5.10 Å². The predicted molar refractivity (Wildman–Crippen MR) is 107 cm³/mol. The van der Waals surface area contributed by atoms with E-state index in [2.05, 4.69) is 30.6 Å². The lowest BCUT2D eigenvalue weighted by Crippen LogP contribution is -2.09. The van der Waals surface area contributed by atoms with Crippen LogP contribution in [0.4, 0.5) is 16.0 Å². The molecule has 10 nitrogen and oxygen atoms in total. The summed E-state index contributed by atoms with van der Waals surface area (Å²) in [5.41, 5.74) is 1.67. The van der Waals surface area contributed by atoms with Gasteiger partial charge < -0.3 is 10.1 Å². The highest BCUT2D eigenvalue weighted by molar-refractivity contribution is 7.90. The van der Waals surface area contributed by atoms with Crippen molar-refractivity contribution in [1.82, 2.24) is 29.8 Å². The number of rotatable bonds is 6. The molecule has 4 rings (SSSR count). The van der Waals surface area contributed by atoms with Crippen molar-refractivity contribution in [2.24, 2.45) is 0 Å². The molecular formula is C18H18FN7O3S. The van der Waals surface area contributed by atoms with Crippen LogP contribution >= 0.6 is 0 Å². The van der Waals surface area contributed by atoms with E-state index >= 15 is 0 Å². The van der Waals surface area contributed by atoms with Crippen LogP contribution in [-0.4, -0.2) is 50.6 Å². The highest BCUT2D eigenvalue weighted by atomic mass is 32.2. The van der Waals surface area contributed by atoms with Gasteiger partial charge in [-0.15, -0.1) is 5.10 Å². The van der Waals surface area contributed by atoms with Gasteiger partial charge in [-0.05, 0) is 32.0 Å². The molecule has 0 atom stereocenters. The van der Waals surface area contributed by atoms with Crippen molar-refractivity contribution in [2.45, 2.75) is 24.8 Å². The molecule has 30 heavy (non-hydrogen) atoms. The van der Waals surface area contributed by atoms with E-state index in [0.29, 0.717) is 22.7 Å². The van der Waals surface area contributed by atoms with Crippen molar-refractivity contribution >= 4 is 27.1 Å². The molecule has 4 aromatic rings. The number of anilines is 2. The van der Waals surface area contributed by atoms with Gasteiger partial charge in [0.1, 0.15) is 17.8 Å². The number of hydrogen-bond acceptors (Lipinski definition) is 8. The molecule has 0 unspecified atom stereocenters. The third-order valence-electron chi connectivity index (χ3n) is 4.09. The summed E-state index contributed by atoms with van der Waals surface area (Å²) >= 11 is 0. The number of nitrogens with zero attached hydrogens (tertiary/aromatic N) is 5. The van der Waals surface area contributed by atoms with E-state index in [0.717, 1.165) is 12.3 Å². The fourth-order valence-corrected chi connectivity index (χ4v) is 3.40. The van der Waals surface area contributed by atoms with Crippen LogP contribution < -0.4 is 10.1 Å². The highest BCUT2D eigenvalue weighted by Crippen LogP contribution is 2.32. The van der Waals surface area contributed by atoms with Crippen LogP contribution in [0.1, 0.15) is 13.8 Å². The Morgan fingerprint density at radius 2 is 2.10 bits per heavy atom. The molecule has 0 saturated carbocycles. The van der Waals surface area contributed by atoms with Crippen molar-refractivity contribution in [3.05, 3.63) is 42.7 Å². The summed E-state index contributed by atoms with van der Waals surface area (Å²) in [5.74, 6) is -0.240. The van der Waals surface area contributed by atoms with E-state index in [1.807, 2.05) is 13.8 Å². The third kappa shape index (κ3) is 3.81. The second-order valence-electron chi connectivity index (χ2n) is 6.82. The summed E-state index contributed by atoms with van der Waals surface area (Å²) in [7, 11) is -3.51. The zero-order valence-corrected chi connectivity index (χ0v) is 17.1. The molecule has 156 valence electrons. The van der Waals surface area contributed by atoms with Crippen LogP contribution in [0, 0.1) is 5.82 Å². The minimum Gasteiger partial charge on any atom is -0.485 e. The van der Waals surface area contributed by atoms with E-state index in [1.165, 1.54) is 23.0 Å². The minimum absolute atomic E-state index is 0.0349. The average molecular weight is 431 g/mol. The zero-order chi connectivity index (χ0) is 21.5. The normalized spacial score (nSPS) is 11.9. The van der Waals surface area contributed by atoms with Crippen molar-refractivity contribution in [2.75, 3.05) is 11.6 Å². The fourth-order valence-electron chi connectivity index (χ4n) is 2.77. The SMILES string of the molecule is CC(C)Oc1c(-c2cn[nH]c2)ncn2nc(Nc3ccc(S(C)(=O)=O)cc3F)nc12. The number of ether oxygens (including phenoxy) is 1. The first-order chi connectivity index (χ1) is 14.2. The van der Waals surface area contributed by atoms with Crippen LogP contribution in [0.15, 0.2) is 41.8 Å². The molecular weight excluding hydrogens is 413 g/mol. The standard InChI is InChI=1S/C18H18FN7O3S/c1-10(2)29-16-15(11-7-21-22-8-11)20-9-26-17(16)24-18(25-26)23-14-5-4-12(6-13(14)19)30(3,27)28/h4-10H,1-3H3,(H,21,22)(H,23,25). The Bertz CT molecular complexity index is 1320. The zero-order valence-electron chi connectivity index (χ0n) is 16.3. The Kier molecular flexibility index (Phi) is 4.86. The number of aromatic nitrogens is 6. The van der Waals surface area contributed by atoms with E-state index in [-0.39, 0.29) is 22.6 Å². The van der Waals surface area contributed by atoms with Gasteiger partial charge in [0, 0.05) is 18.0 Å². The lowest BCUT2D eigenvalue weighted by molar-refractivity contribution is 0.244. The van der Waals surface area contributed by atoms with Crippen molar-refractivity contribution in [3.8, 4) is 17.0 Å². The minimum atomic E-state index is -3.51. The number of nitrogens with one attached hydrogen (secondary N) is 2. The maximum Gasteiger partial charge on any atom is 0.247 e. The molecule has 1 aromatic carbocycles. The summed E-state index contributed by atoms with van der Waals surface area (Å²) in [4.78, 5) is 8.67. The molecule has 2 N–H and O–H groups in total. The number of hydrogen-bond donors (Lipinski definition) is 2. The van der Waals surface area contributed by atoms with Gasteiger partial charge in [0.05, 0.1) is 22.9 Å². The van der Waals surface area contributed by atoms with Crippen LogP contribution in [0.2, 0.25) is 0 Å². The molecule has 12 heteroatoms. The molecule has 0 aliphatic heterocycles. The quantitative estimate of drug-likeness (QED) is 0.477. The Labute approximate surface area is 171 Å². The van der Waals surface area contributed by atoms with Crippen LogP contribution in [0.5, 0.6) is 5.75 Å². The molecule has 0 bridgehead atoms.